The van der Waals surface area contributed by atoms with E-state index in [1.54, 1.807) is 12.1 Å². The molecule has 6 nitrogen and oxygen atoms in total. The molecule has 0 unspecified atom stereocenters. The van der Waals surface area contributed by atoms with Crippen LogP contribution < -0.4 is 4.74 Å². The molecule has 0 saturated carbocycles. The van der Waals surface area contributed by atoms with Crippen LogP contribution >= 0.6 is 11.6 Å². The van der Waals surface area contributed by atoms with E-state index in [2.05, 4.69) is 0 Å². The summed E-state index contributed by atoms with van der Waals surface area (Å²) < 4.78 is 16.1. The van der Waals surface area contributed by atoms with Crippen LogP contribution in [0.15, 0.2) is 42.5 Å². The zero-order valence-electron chi connectivity index (χ0n) is 15.6. The minimum atomic E-state index is -4.13. The van der Waals surface area contributed by atoms with Gasteiger partial charge in [0.2, 0.25) is 0 Å². The summed E-state index contributed by atoms with van der Waals surface area (Å²) in [7, 11) is 0. The predicted octanol–water partition coefficient (Wildman–Crippen LogP) is 3.95. The summed E-state index contributed by atoms with van der Waals surface area (Å²) in [5.74, 6) is -1.06. The average molecular weight is 594 g/mol. The number of hydrogen-bond donors (Lipinski definition) is 0. The fourth-order valence-electron chi connectivity index (χ4n) is 3.12. The Morgan fingerprint density at radius 3 is 2.21 bits per heavy atom. The second kappa shape index (κ2) is 8.61. The fourth-order valence-corrected chi connectivity index (χ4v) is 11.1. The van der Waals surface area contributed by atoms with E-state index >= 15 is 0 Å². The van der Waals surface area contributed by atoms with Gasteiger partial charge in [-0.2, -0.15) is 0 Å². The van der Waals surface area contributed by atoms with Gasteiger partial charge in [0.1, 0.15) is 0 Å². The molecule has 28 heavy (non-hydrogen) atoms. The number of hydrogen-bond acceptors (Lipinski definition) is 6. The van der Waals surface area contributed by atoms with Crippen molar-refractivity contribution in [2.75, 3.05) is 0 Å². The zero-order chi connectivity index (χ0) is 20.4. The summed E-state index contributed by atoms with van der Waals surface area (Å²) in [6, 6.07) is 12.3. The SMILES string of the molecule is CC(=O)[O][Tl]([O]C(C)=O)[C@H]1C(=O)c2cc(Cl)ccc2O[C@H]1c1ccc(C)cc1. The first-order valence-corrected chi connectivity index (χ1v) is 15.3. The van der Waals surface area contributed by atoms with Crippen molar-refractivity contribution in [3.05, 3.63) is 64.2 Å². The number of fused-ring (bicyclic) bond motifs is 1. The van der Waals surface area contributed by atoms with E-state index in [9.17, 15) is 14.4 Å². The Balaban J connectivity index is 2.11. The summed E-state index contributed by atoms with van der Waals surface area (Å²) >= 11 is 1.91. The normalized spacial score (nSPS) is 17.9. The first-order valence-electron chi connectivity index (χ1n) is 8.67. The second-order valence-corrected chi connectivity index (χ2v) is 14.5. The van der Waals surface area contributed by atoms with Gasteiger partial charge >= 0.3 is 178 Å². The van der Waals surface area contributed by atoms with Crippen LogP contribution in [0.4, 0.5) is 0 Å². The maximum atomic E-state index is 13.4. The first-order chi connectivity index (χ1) is 13.3. The molecule has 0 amide bonds. The molecule has 0 aliphatic carbocycles. The second-order valence-electron chi connectivity index (χ2n) is 6.57. The van der Waals surface area contributed by atoms with Gasteiger partial charge in [-0.1, -0.05) is 0 Å². The molecule has 1 heterocycles. The average Bonchev–Trinajstić information content (AvgIpc) is 2.61. The van der Waals surface area contributed by atoms with Gasteiger partial charge in [-0.3, -0.25) is 0 Å². The zero-order valence-corrected chi connectivity index (χ0v) is 20.8. The molecule has 0 N–H and O–H groups in total. The number of halogens is 1. The molecule has 0 bridgehead atoms. The molecule has 0 spiro atoms. The molecule has 144 valence electrons. The van der Waals surface area contributed by atoms with Crippen molar-refractivity contribution in [2.24, 2.45) is 0 Å². The summed E-state index contributed by atoms with van der Waals surface area (Å²) in [5, 5.41) is 0.386. The summed E-state index contributed by atoms with van der Waals surface area (Å²) in [5.41, 5.74) is 2.09. The molecule has 1 aliphatic rings. The predicted molar refractivity (Wildman–Crippen MR) is 103 cm³/mol. The van der Waals surface area contributed by atoms with Crippen molar-refractivity contribution in [3.8, 4) is 5.75 Å². The Labute approximate surface area is 177 Å². The third kappa shape index (κ3) is 4.55. The van der Waals surface area contributed by atoms with Crippen molar-refractivity contribution in [2.45, 2.75) is 30.4 Å². The monoisotopic (exact) mass is 594 g/mol. The Bertz CT molecular complexity index is 911. The Hall–Kier alpha value is -1.94. The van der Waals surface area contributed by atoms with Crippen molar-refractivity contribution >= 4 is 52.9 Å². The number of aryl methyl sites for hydroxylation is 1. The molecule has 0 saturated heterocycles. The van der Waals surface area contributed by atoms with Crippen LogP contribution in [0.1, 0.15) is 41.4 Å². The van der Waals surface area contributed by atoms with E-state index in [0.717, 1.165) is 11.1 Å². The quantitative estimate of drug-likeness (QED) is 0.500. The Morgan fingerprint density at radius 1 is 1.04 bits per heavy atom. The Kier molecular flexibility index (Phi) is 6.39. The van der Waals surface area contributed by atoms with Crippen LogP contribution in [0.3, 0.4) is 0 Å². The third-order valence-electron chi connectivity index (χ3n) is 4.35. The Morgan fingerprint density at radius 2 is 1.64 bits per heavy atom. The molecule has 8 heteroatoms. The molecule has 1 aliphatic heterocycles. The van der Waals surface area contributed by atoms with Gasteiger partial charge in [-0.05, 0) is 0 Å². The van der Waals surface area contributed by atoms with E-state index in [4.69, 9.17) is 21.7 Å². The summed E-state index contributed by atoms with van der Waals surface area (Å²) in [6.07, 6.45) is -0.716. The minimum absolute atomic E-state index is 0.288. The maximum absolute atomic E-state index is 13.4. The van der Waals surface area contributed by atoms with Crippen LogP contribution in [0.25, 0.3) is 0 Å². The van der Waals surface area contributed by atoms with Crippen molar-refractivity contribution in [1.82, 2.24) is 0 Å². The van der Waals surface area contributed by atoms with E-state index in [0.29, 0.717) is 16.3 Å². The molecule has 0 fully saturated rings. The molecule has 0 radical (unpaired) electrons. The molecular formula is C20H18ClO6Tl. The van der Waals surface area contributed by atoms with E-state index < -0.39 is 45.1 Å². The number of ether oxygens (including phenoxy) is 1. The van der Waals surface area contributed by atoms with Gasteiger partial charge in [0.05, 0.1) is 0 Å². The number of ketones is 1. The van der Waals surface area contributed by atoms with E-state index in [1.807, 2.05) is 31.2 Å². The fraction of sp³-hybridized carbons (Fsp3) is 0.250. The first kappa shape index (κ1) is 20.8. The number of Topliss-reactive ketones (excluding diaryl/α,β-unsaturated/α-hetero) is 1. The van der Waals surface area contributed by atoms with Crippen LogP contribution in [-0.2, 0) is 15.0 Å². The third-order valence-corrected chi connectivity index (χ3v) is 13.8. The molecule has 2 aromatic carbocycles. The van der Waals surface area contributed by atoms with Crippen molar-refractivity contribution in [1.29, 1.82) is 0 Å². The van der Waals surface area contributed by atoms with Gasteiger partial charge in [-0.15, -0.1) is 0 Å². The van der Waals surface area contributed by atoms with Crippen LogP contribution in [0, 0.1) is 6.92 Å². The van der Waals surface area contributed by atoms with E-state index in [-0.39, 0.29) is 5.78 Å². The topological polar surface area (TPSA) is 78.9 Å². The summed E-state index contributed by atoms with van der Waals surface area (Å²) in [4.78, 5) is 36.6. The van der Waals surface area contributed by atoms with Gasteiger partial charge in [0, 0.05) is 0 Å². The number of carbonyl (C=O) groups excluding carboxylic acids is 3. The van der Waals surface area contributed by atoms with Gasteiger partial charge in [0.25, 0.3) is 0 Å². The van der Waals surface area contributed by atoms with Crippen LogP contribution in [-0.4, -0.2) is 41.3 Å². The summed E-state index contributed by atoms with van der Waals surface area (Å²) in [6.45, 7) is 4.42. The van der Waals surface area contributed by atoms with Crippen LogP contribution in [0.5, 0.6) is 5.75 Å². The van der Waals surface area contributed by atoms with Gasteiger partial charge in [0.15, 0.2) is 0 Å². The van der Waals surface area contributed by atoms with Crippen molar-refractivity contribution in [3.63, 3.8) is 0 Å². The molecule has 0 aromatic heterocycles. The number of rotatable bonds is 4. The number of benzene rings is 2. The molecular weight excluding hydrogens is 576 g/mol. The molecule has 2 atom stereocenters. The molecule has 2 aromatic rings. The van der Waals surface area contributed by atoms with Gasteiger partial charge < -0.3 is 0 Å². The van der Waals surface area contributed by atoms with Gasteiger partial charge in [-0.25, -0.2) is 0 Å². The van der Waals surface area contributed by atoms with Crippen molar-refractivity contribution < 1.29 is 24.5 Å². The standard InChI is InChI=1S/C16H12ClO2.2C2H4O2.Tl/c1-10-2-4-11(5-3-10)16-9-14(18)13-8-12(17)6-7-15(13)19-16;2*1-2(3)4;/h2-9,16H,1H3;2*1H3,(H,3,4);/q;;;+2/p-2/t16-;;;/m1.../s1. The van der Waals surface area contributed by atoms with Crippen LogP contribution in [0.2, 0.25) is 8.50 Å². The number of carbonyl (C=O) groups is 3. The molecule has 3 rings (SSSR count). The van der Waals surface area contributed by atoms with E-state index in [1.165, 1.54) is 19.9 Å².